The third-order valence-electron chi connectivity index (χ3n) is 11.5. The molecule has 0 unspecified atom stereocenters. The number of nitrogens with zero attached hydrogens (tertiary/aromatic N) is 1. The number of fused-ring (bicyclic) bond motifs is 6. The molecule has 272 valence electrons. The monoisotopic (exact) mass is 739 g/mol. The van der Waals surface area contributed by atoms with Gasteiger partial charge in [0.15, 0.2) is 0 Å². The summed E-state index contributed by atoms with van der Waals surface area (Å²) < 4.78 is 6.30. The average Bonchev–Trinajstić information content (AvgIpc) is 3.67. The van der Waals surface area contributed by atoms with Crippen LogP contribution in [0.1, 0.15) is 0 Å². The Kier molecular flexibility index (Phi) is 8.19. The highest BCUT2D eigenvalue weighted by molar-refractivity contribution is 6.17. The molecule has 0 atom stereocenters. The lowest BCUT2D eigenvalue weighted by Crippen LogP contribution is -2.10. The molecule has 58 heavy (non-hydrogen) atoms. The topological polar surface area (TPSA) is 16.4 Å². The molecule has 1 aromatic heterocycles. The number of furan rings is 1. The minimum atomic E-state index is 0.910. The Hall–Kier alpha value is -7.68. The second-order valence-corrected chi connectivity index (χ2v) is 14.9. The van der Waals surface area contributed by atoms with Crippen LogP contribution < -0.4 is 4.90 Å². The van der Waals surface area contributed by atoms with E-state index in [1.54, 1.807) is 0 Å². The summed E-state index contributed by atoms with van der Waals surface area (Å²) in [5.74, 6) is 0. The summed E-state index contributed by atoms with van der Waals surface area (Å²) in [7, 11) is 0. The standard InChI is InChI=1S/C56H37NO/c1-3-14-38(15-4-1)39-28-31-44(32-29-39)57(46-33-30-41-26-27-43-35-56-54(37-53(43)52(41)36-46)51-24-11-12-25-55(51)58-56)45-19-13-18-42(34-45)48-21-8-10-23-50(48)49-22-9-7-20-47(49)40-16-5-2-6-17-40/h1-37H. The van der Waals surface area contributed by atoms with Gasteiger partial charge in [-0.25, -0.2) is 0 Å². The summed E-state index contributed by atoms with van der Waals surface area (Å²) in [5.41, 5.74) is 14.6. The quantitative estimate of drug-likeness (QED) is 0.151. The van der Waals surface area contributed by atoms with Crippen molar-refractivity contribution in [3.63, 3.8) is 0 Å². The van der Waals surface area contributed by atoms with Crippen LogP contribution in [0.4, 0.5) is 17.1 Å². The Balaban J connectivity index is 1.09. The van der Waals surface area contributed by atoms with Crippen LogP contribution in [0.3, 0.4) is 0 Å². The first-order valence-corrected chi connectivity index (χ1v) is 19.8. The summed E-state index contributed by atoms with van der Waals surface area (Å²) in [4.78, 5) is 2.39. The number of hydrogen-bond donors (Lipinski definition) is 0. The Morgan fingerprint density at radius 1 is 0.259 bits per heavy atom. The van der Waals surface area contributed by atoms with Crippen LogP contribution in [-0.2, 0) is 0 Å². The van der Waals surface area contributed by atoms with E-state index in [1.165, 1.54) is 55.1 Å². The summed E-state index contributed by atoms with van der Waals surface area (Å²) in [6.07, 6.45) is 0. The van der Waals surface area contributed by atoms with Gasteiger partial charge in [-0.05, 0) is 121 Å². The van der Waals surface area contributed by atoms with Crippen molar-refractivity contribution >= 4 is 60.5 Å². The highest BCUT2D eigenvalue weighted by atomic mass is 16.3. The lowest BCUT2D eigenvalue weighted by molar-refractivity contribution is 0.669. The predicted molar refractivity (Wildman–Crippen MR) is 245 cm³/mol. The Bertz CT molecular complexity index is 3270. The highest BCUT2D eigenvalue weighted by Crippen LogP contribution is 2.43. The van der Waals surface area contributed by atoms with Gasteiger partial charge < -0.3 is 9.32 Å². The van der Waals surface area contributed by atoms with Crippen LogP contribution in [0.2, 0.25) is 0 Å². The van der Waals surface area contributed by atoms with Gasteiger partial charge in [-0.2, -0.15) is 0 Å². The zero-order valence-electron chi connectivity index (χ0n) is 31.7. The number of rotatable bonds is 7. The van der Waals surface area contributed by atoms with Crippen molar-refractivity contribution in [2.75, 3.05) is 4.90 Å². The molecule has 1 heterocycles. The molecule has 11 aromatic rings. The first-order chi connectivity index (χ1) is 28.7. The molecule has 0 saturated heterocycles. The molecule has 2 heteroatoms. The van der Waals surface area contributed by atoms with Gasteiger partial charge in [0.1, 0.15) is 11.2 Å². The zero-order chi connectivity index (χ0) is 38.4. The Labute approximate surface area is 337 Å². The van der Waals surface area contributed by atoms with Gasteiger partial charge in [-0.15, -0.1) is 0 Å². The van der Waals surface area contributed by atoms with E-state index < -0.39 is 0 Å². The maximum Gasteiger partial charge on any atom is 0.136 e. The third-order valence-corrected chi connectivity index (χ3v) is 11.5. The highest BCUT2D eigenvalue weighted by Gasteiger charge is 2.18. The largest absolute Gasteiger partial charge is 0.456 e. The van der Waals surface area contributed by atoms with E-state index in [1.807, 2.05) is 12.1 Å². The molecule has 0 saturated carbocycles. The fraction of sp³-hybridized carbons (Fsp3) is 0. The molecule has 2 nitrogen and oxygen atoms in total. The molecule has 0 aliphatic heterocycles. The third kappa shape index (κ3) is 5.91. The van der Waals surface area contributed by atoms with Crippen LogP contribution in [0.5, 0.6) is 0 Å². The van der Waals surface area contributed by atoms with E-state index in [0.717, 1.165) is 50.0 Å². The molecular weight excluding hydrogens is 703 g/mol. The minimum absolute atomic E-state index is 0.910. The molecule has 10 aromatic carbocycles. The van der Waals surface area contributed by atoms with E-state index >= 15 is 0 Å². The first-order valence-electron chi connectivity index (χ1n) is 19.8. The van der Waals surface area contributed by atoms with Gasteiger partial charge in [0.2, 0.25) is 0 Å². The summed E-state index contributed by atoms with van der Waals surface area (Å²) in [6, 6.07) is 80.8. The SMILES string of the molecule is c1ccc(-c2ccc(N(c3cccc(-c4ccccc4-c4ccccc4-c4ccccc4)c3)c3ccc4ccc5cc6oc7ccccc7c6cc5c4c3)cc2)cc1. The van der Waals surface area contributed by atoms with Gasteiger partial charge >= 0.3 is 0 Å². The Morgan fingerprint density at radius 2 is 0.793 bits per heavy atom. The van der Waals surface area contributed by atoms with E-state index in [4.69, 9.17) is 4.42 Å². The van der Waals surface area contributed by atoms with Crippen LogP contribution >= 0.6 is 0 Å². The maximum atomic E-state index is 6.30. The lowest BCUT2D eigenvalue weighted by Gasteiger charge is -2.27. The van der Waals surface area contributed by atoms with Crippen molar-refractivity contribution in [3.05, 3.63) is 224 Å². The van der Waals surface area contributed by atoms with Crippen molar-refractivity contribution in [2.45, 2.75) is 0 Å². The van der Waals surface area contributed by atoms with Crippen LogP contribution in [0, 0.1) is 0 Å². The fourth-order valence-electron chi connectivity index (χ4n) is 8.65. The second-order valence-electron chi connectivity index (χ2n) is 14.9. The van der Waals surface area contributed by atoms with Gasteiger partial charge in [-0.3, -0.25) is 0 Å². The minimum Gasteiger partial charge on any atom is -0.456 e. The number of para-hydroxylation sites is 1. The van der Waals surface area contributed by atoms with E-state index in [2.05, 4.69) is 217 Å². The molecule has 0 bridgehead atoms. The maximum absolute atomic E-state index is 6.30. The van der Waals surface area contributed by atoms with E-state index in [0.29, 0.717) is 0 Å². The molecule has 11 rings (SSSR count). The number of benzene rings is 10. The molecule has 0 aliphatic carbocycles. The normalized spacial score (nSPS) is 11.4. The van der Waals surface area contributed by atoms with Gasteiger partial charge in [0.25, 0.3) is 0 Å². The van der Waals surface area contributed by atoms with Gasteiger partial charge in [0.05, 0.1) is 0 Å². The average molecular weight is 740 g/mol. The molecule has 0 amide bonds. The lowest BCUT2D eigenvalue weighted by atomic mass is 9.89. The van der Waals surface area contributed by atoms with Crippen molar-refractivity contribution in [2.24, 2.45) is 0 Å². The number of anilines is 3. The molecule has 0 radical (unpaired) electrons. The smallest absolute Gasteiger partial charge is 0.136 e. The predicted octanol–water partition coefficient (Wildman–Crippen LogP) is 16.0. The van der Waals surface area contributed by atoms with Gasteiger partial charge in [-0.1, -0.05) is 170 Å². The van der Waals surface area contributed by atoms with Crippen molar-refractivity contribution < 1.29 is 4.42 Å². The Morgan fingerprint density at radius 3 is 1.55 bits per heavy atom. The first kappa shape index (κ1) is 33.6. The van der Waals surface area contributed by atoms with Crippen LogP contribution in [0.25, 0.3) is 88.0 Å². The molecule has 0 aliphatic rings. The zero-order valence-corrected chi connectivity index (χ0v) is 31.7. The molecular formula is C56H37NO. The molecule has 0 spiro atoms. The van der Waals surface area contributed by atoms with E-state index in [-0.39, 0.29) is 0 Å². The molecule has 0 fully saturated rings. The summed E-state index contributed by atoms with van der Waals surface area (Å²) in [5, 5.41) is 7.03. The van der Waals surface area contributed by atoms with Crippen molar-refractivity contribution in [1.82, 2.24) is 0 Å². The second kappa shape index (κ2) is 14.1. The van der Waals surface area contributed by atoms with Crippen LogP contribution in [-0.4, -0.2) is 0 Å². The van der Waals surface area contributed by atoms with Crippen LogP contribution in [0.15, 0.2) is 229 Å². The summed E-state index contributed by atoms with van der Waals surface area (Å²) >= 11 is 0. The summed E-state index contributed by atoms with van der Waals surface area (Å²) in [6.45, 7) is 0. The van der Waals surface area contributed by atoms with Gasteiger partial charge in [0, 0.05) is 27.8 Å². The van der Waals surface area contributed by atoms with Crippen molar-refractivity contribution in [3.8, 4) is 44.5 Å². The number of hydrogen-bond acceptors (Lipinski definition) is 2. The van der Waals surface area contributed by atoms with E-state index in [9.17, 15) is 0 Å². The van der Waals surface area contributed by atoms with Crippen molar-refractivity contribution in [1.29, 1.82) is 0 Å². The fourth-order valence-corrected chi connectivity index (χ4v) is 8.65. The molecule has 0 N–H and O–H groups in total.